The molecular formula is C12H19NO3. The highest BCUT2D eigenvalue weighted by Gasteiger charge is 2.49. The van der Waals surface area contributed by atoms with Gasteiger partial charge in [-0.2, -0.15) is 0 Å². The number of aliphatic carboxylic acids is 1. The molecule has 4 heteroatoms. The van der Waals surface area contributed by atoms with E-state index in [4.69, 9.17) is 0 Å². The number of rotatable bonds is 1. The monoisotopic (exact) mass is 225 g/mol. The van der Waals surface area contributed by atoms with Crippen LogP contribution in [0, 0.1) is 5.41 Å². The third-order valence-corrected chi connectivity index (χ3v) is 4.03. The number of carboxylic acids is 1. The molecule has 16 heavy (non-hydrogen) atoms. The predicted octanol–water partition coefficient (Wildman–Crippen LogP) is 1.69. The van der Waals surface area contributed by atoms with Crippen molar-refractivity contribution in [3.8, 4) is 0 Å². The van der Waals surface area contributed by atoms with Crippen LogP contribution in [-0.2, 0) is 9.59 Å². The second-order valence-corrected chi connectivity index (χ2v) is 5.15. The number of hydrogen-bond acceptors (Lipinski definition) is 2. The summed E-state index contributed by atoms with van der Waals surface area (Å²) in [5, 5.41) is 11.8. The van der Waals surface area contributed by atoms with Gasteiger partial charge in [-0.05, 0) is 12.8 Å². The molecule has 2 fully saturated rings. The van der Waals surface area contributed by atoms with Gasteiger partial charge in [-0.1, -0.05) is 32.1 Å². The van der Waals surface area contributed by atoms with Crippen LogP contribution in [0.2, 0.25) is 0 Å². The van der Waals surface area contributed by atoms with Crippen molar-refractivity contribution in [3.05, 3.63) is 0 Å². The smallest absolute Gasteiger partial charge is 0.326 e. The quantitative estimate of drug-likeness (QED) is 0.713. The summed E-state index contributed by atoms with van der Waals surface area (Å²) in [6.07, 6.45) is 7.85. The standard InChI is InChI=1S/C12H19NO3/c14-9-8-12(10(13-9)11(15)16)6-4-2-1-3-5-7-12/h10H,1-8H2,(H,13,14)(H,15,16). The van der Waals surface area contributed by atoms with Crippen molar-refractivity contribution < 1.29 is 14.7 Å². The molecule has 0 aromatic rings. The molecule has 0 aromatic carbocycles. The van der Waals surface area contributed by atoms with Gasteiger partial charge in [-0.25, -0.2) is 4.79 Å². The maximum atomic E-state index is 11.5. The van der Waals surface area contributed by atoms with Crippen LogP contribution in [-0.4, -0.2) is 23.0 Å². The maximum Gasteiger partial charge on any atom is 0.326 e. The van der Waals surface area contributed by atoms with Gasteiger partial charge in [0.1, 0.15) is 6.04 Å². The summed E-state index contributed by atoms with van der Waals surface area (Å²) in [6.45, 7) is 0. The molecule has 1 spiro atoms. The number of hydrogen-bond donors (Lipinski definition) is 2. The summed E-state index contributed by atoms with van der Waals surface area (Å²) >= 11 is 0. The Bertz CT molecular complexity index is 293. The number of amides is 1. The zero-order chi connectivity index (χ0) is 11.6. The van der Waals surface area contributed by atoms with Crippen LogP contribution in [0.1, 0.15) is 51.4 Å². The van der Waals surface area contributed by atoms with Crippen LogP contribution in [0.4, 0.5) is 0 Å². The molecule has 2 N–H and O–H groups in total. The van der Waals surface area contributed by atoms with Crippen molar-refractivity contribution in [2.75, 3.05) is 0 Å². The maximum absolute atomic E-state index is 11.5. The summed E-state index contributed by atoms with van der Waals surface area (Å²) in [6, 6.07) is -0.655. The Kier molecular flexibility index (Phi) is 3.17. The fraction of sp³-hybridized carbons (Fsp3) is 0.833. The van der Waals surface area contributed by atoms with Gasteiger partial charge < -0.3 is 10.4 Å². The first kappa shape index (κ1) is 11.4. The minimum absolute atomic E-state index is 0.0898. The van der Waals surface area contributed by atoms with E-state index in [-0.39, 0.29) is 11.3 Å². The minimum Gasteiger partial charge on any atom is -0.480 e. The van der Waals surface area contributed by atoms with Crippen LogP contribution in [0.15, 0.2) is 0 Å². The van der Waals surface area contributed by atoms with E-state index in [2.05, 4.69) is 5.32 Å². The third-order valence-electron chi connectivity index (χ3n) is 4.03. The van der Waals surface area contributed by atoms with Gasteiger partial charge >= 0.3 is 5.97 Å². The largest absolute Gasteiger partial charge is 0.480 e. The highest BCUT2D eigenvalue weighted by Crippen LogP contribution is 2.43. The molecule has 1 atom stereocenters. The SMILES string of the molecule is O=C1CC2(CCCCCCC2)C(C(=O)O)N1. The normalized spacial score (nSPS) is 29.5. The highest BCUT2D eigenvalue weighted by molar-refractivity contribution is 5.89. The zero-order valence-corrected chi connectivity index (χ0v) is 9.50. The second-order valence-electron chi connectivity index (χ2n) is 5.15. The lowest BCUT2D eigenvalue weighted by Gasteiger charge is -2.33. The molecule has 0 bridgehead atoms. The van der Waals surface area contributed by atoms with Crippen LogP contribution >= 0.6 is 0 Å². The molecule has 1 saturated heterocycles. The molecule has 2 aliphatic rings. The Morgan fingerprint density at radius 3 is 2.31 bits per heavy atom. The first-order chi connectivity index (χ1) is 7.64. The number of nitrogens with one attached hydrogen (secondary N) is 1. The second kappa shape index (κ2) is 4.44. The Morgan fingerprint density at radius 2 is 1.75 bits per heavy atom. The van der Waals surface area contributed by atoms with E-state index in [0.717, 1.165) is 25.7 Å². The first-order valence-electron chi connectivity index (χ1n) is 6.16. The topological polar surface area (TPSA) is 66.4 Å². The lowest BCUT2D eigenvalue weighted by Crippen LogP contribution is -2.44. The molecule has 4 nitrogen and oxygen atoms in total. The molecule has 1 saturated carbocycles. The van der Waals surface area contributed by atoms with Crippen molar-refractivity contribution in [2.24, 2.45) is 5.41 Å². The molecule has 1 aliphatic heterocycles. The van der Waals surface area contributed by atoms with Crippen molar-refractivity contribution >= 4 is 11.9 Å². The summed E-state index contributed by atoms with van der Waals surface area (Å²) in [4.78, 5) is 22.7. The van der Waals surface area contributed by atoms with E-state index in [1.807, 2.05) is 0 Å². The van der Waals surface area contributed by atoms with Crippen molar-refractivity contribution in [3.63, 3.8) is 0 Å². The molecule has 1 heterocycles. The molecular weight excluding hydrogens is 206 g/mol. The lowest BCUT2D eigenvalue weighted by atomic mass is 9.71. The van der Waals surface area contributed by atoms with Crippen LogP contribution in [0.3, 0.4) is 0 Å². The van der Waals surface area contributed by atoms with Gasteiger partial charge in [-0.15, -0.1) is 0 Å². The van der Waals surface area contributed by atoms with E-state index < -0.39 is 12.0 Å². The minimum atomic E-state index is -0.869. The van der Waals surface area contributed by atoms with Crippen LogP contribution in [0.5, 0.6) is 0 Å². The Hall–Kier alpha value is -1.06. The van der Waals surface area contributed by atoms with Gasteiger partial charge in [-0.3, -0.25) is 4.79 Å². The lowest BCUT2D eigenvalue weighted by molar-refractivity contribution is -0.142. The van der Waals surface area contributed by atoms with E-state index in [1.165, 1.54) is 19.3 Å². The molecule has 1 amide bonds. The Balaban J connectivity index is 2.17. The molecule has 0 radical (unpaired) electrons. The molecule has 0 aromatic heterocycles. The number of carboxylic acid groups (broad SMARTS) is 1. The van der Waals surface area contributed by atoms with Gasteiger partial charge in [0.2, 0.25) is 5.91 Å². The van der Waals surface area contributed by atoms with Gasteiger partial charge in [0.15, 0.2) is 0 Å². The summed E-state index contributed by atoms with van der Waals surface area (Å²) in [5.74, 6) is -0.959. The van der Waals surface area contributed by atoms with Crippen LogP contribution < -0.4 is 5.32 Å². The molecule has 90 valence electrons. The van der Waals surface area contributed by atoms with E-state index in [0.29, 0.717) is 6.42 Å². The average Bonchev–Trinajstić information content (AvgIpc) is 2.51. The predicted molar refractivity (Wildman–Crippen MR) is 58.9 cm³/mol. The summed E-state index contributed by atoms with van der Waals surface area (Å²) in [7, 11) is 0. The fourth-order valence-electron chi connectivity index (χ4n) is 3.19. The Morgan fingerprint density at radius 1 is 1.19 bits per heavy atom. The summed E-state index contributed by atoms with van der Waals surface area (Å²) < 4.78 is 0. The van der Waals surface area contributed by atoms with Crippen molar-refractivity contribution in [1.82, 2.24) is 5.32 Å². The average molecular weight is 225 g/mol. The molecule has 2 rings (SSSR count). The third kappa shape index (κ3) is 2.06. The van der Waals surface area contributed by atoms with E-state index in [1.54, 1.807) is 0 Å². The molecule has 1 unspecified atom stereocenters. The first-order valence-corrected chi connectivity index (χ1v) is 6.16. The van der Waals surface area contributed by atoms with E-state index in [9.17, 15) is 14.7 Å². The van der Waals surface area contributed by atoms with Gasteiger partial charge in [0.25, 0.3) is 0 Å². The number of carbonyl (C=O) groups is 2. The van der Waals surface area contributed by atoms with Crippen LogP contribution in [0.25, 0.3) is 0 Å². The number of carbonyl (C=O) groups excluding carboxylic acids is 1. The van der Waals surface area contributed by atoms with Crippen molar-refractivity contribution in [1.29, 1.82) is 0 Å². The van der Waals surface area contributed by atoms with E-state index >= 15 is 0 Å². The van der Waals surface area contributed by atoms with Crippen molar-refractivity contribution in [2.45, 2.75) is 57.4 Å². The Labute approximate surface area is 95.4 Å². The molecule has 1 aliphatic carbocycles. The fourth-order valence-corrected chi connectivity index (χ4v) is 3.19. The summed E-state index contributed by atoms with van der Waals surface area (Å²) in [5.41, 5.74) is -0.302. The van der Waals surface area contributed by atoms with Gasteiger partial charge in [0, 0.05) is 11.8 Å². The van der Waals surface area contributed by atoms with Gasteiger partial charge in [0.05, 0.1) is 0 Å². The highest BCUT2D eigenvalue weighted by atomic mass is 16.4. The zero-order valence-electron chi connectivity index (χ0n) is 9.50.